The molecule has 1 rings (SSSR count). The van der Waals surface area contributed by atoms with Crippen LogP contribution in [0.25, 0.3) is 0 Å². The van der Waals surface area contributed by atoms with Gasteiger partial charge in [0.05, 0.1) is 19.7 Å². The molecule has 18 heavy (non-hydrogen) atoms. The van der Waals surface area contributed by atoms with E-state index in [4.69, 9.17) is 5.26 Å². The Labute approximate surface area is 100 Å². The van der Waals surface area contributed by atoms with Gasteiger partial charge in [0.15, 0.2) is 0 Å². The van der Waals surface area contributed by atoms with Crippen molar-refractivity contribution in [3.63, 3.8) is 0 Å². The number of nitriles is 1. The van der Waals surface area contributed by atoms with Gasteiger partial charge in [-0.25, -0.2) is 9.13 Å². The standard InChI is InChI=1S/C6H11N2.C2H3N.F6P/c1-3-8-5-4-7(2)6-8;1-2-3;1-7(2,3,4,5)6/h4-6H,3H2,1-2H3;1H3;/q+1;;-1. The molecule has 0 fully saturated rings. The molecule has 1 aromatic heterocycles. The molecule has 3 nitrogen and oxygen atoms in total. The Balaban J connectivity index is 0. The molecule has 1 heterocycles. The Morgan fingerprint density at radius 3 is 1.67 bits per heavy atom. The molecular weight excluding hydrogens is 283 g/mol. The second-order valence-electron chi connectivity index (χ2n) is 3.09. The van der Waals surface area contributed by atoms with E-state index in [2.05, 4.69) is 24.0 Å². The predicted molar refractivity (Wildman–Crippen MR) is 56.1 cm³/mol. The summed E-state index contributed by atoms with van der Waals surface area (Å²) in [5, 5.41) is 7.32. The van der Waals surface area contributed by atoms with E-state index >= 15 is 0 Å². The van der Waals surface area contributed by atoms with Crippen molar-refractivity contribution < 1.29 is 29.7 Å². The average molecular weight is 297 g/mol. The minimum atomic E-state index is -10.7. The summed E-state index contributed by atoms with van der Waals surface area (Å²) >= 11 is 0. The molecule has 0 aromatic carbocycles. The molecule has 0 aliphatic rings. The molecule has 0 saturated heterocycles. The molecule has 0 atom stereocenters. The molecule has 10 heteroatoms. The Kier molecular flexibility index (Phi) is 5.90. The fourth-order valence-electron chi connectivity index (χ4n) is 0.689. The summed E-state index contributed by atoms with van der Waals surface area (Å²) in [7, 11) is -8.64. The van der Waals surface area contributed by atoms with Crippen LogP contribution in [0.15, 0.2) is 18.7 Å². The van der Waals surface area contributed by atoms with Crippen molar-refractivity contribution in [1.82, 2.24) is 4.57 Å². The van der Waals surface area contributed by atoms with Crippen LogP contribution in [0.5, 0.6) is 0 Å². The Bertz CT molecular complexity index is 390. The van der Waals surface area contributed by atoms with E-state index < -0.39 is 7.81 Å². The van der Waals surface area contributed by atoms with E-state index in [1.807, 2.05) is 17.8 Å². The van der Waals surface area contributed by atoms with E-state index in [1.165, 1.54) is 6.92 Å². The fourth-order valence-corrected chi connectivity index (χ4v) is 0.689. The molecule has 0 saturated carbocycles. The van der Waals surface area contributed by atoms with Gasteiger partial charge in [-0.2, -0.15) is 5.26 Å². The van der Waals surface area contributed by atoms with Gasteiger partial charge in [0.1, 0.15) is 12.4 Å². The van der Waals surface area contributed by atoms with Crippen LogP contribution in [-0.4, -0.2) is 4.57 Å². The third-order valence-electron chi connectivity index (χ3n) is 1.19. The van der Waals surface area contributed by atoms with E-state index in [0.717, 1.165) is 6.54 Å². The number of rotatable bonds is 1. The van der Waals surface area contributed by atoms with Crippen molar-refractivity contribution in [2.45, 2.75) is 20.4 Å². The predicted octanol–water partition coefficient (Wildman–Crippen LogP) is 4.24. The zero-order chi connectivity index (χ0) is 15.1. The van der Waals surface area contributed by atoms with Crippen LogP contribution in [0.4, 0.5) is 25.2 Å². The number of imidazole rings is 1. The third kappa shape index (κ3) is 29.3. The monoisotopic (exact) mass is 297 g/mol. The second kappa shape index (κ2) is 5.57. The number of halogens is 6. The first-order chi connectivity index (χ1) is 7.69. The topological polar surface area (TPSA) is 32.6 Å². The summed E-state index contributed by atoms with van der Waals surface area (Å²) in [5.41, 5.74) is 0. The molecule has 0 aliphatic heterocycles. The Morgan fingerprint density at radius 2 is 1.56 bits per heavy atom. The summed E-state index contributed by atoms with van der Waals surface area (Å²) in [4.78, 5) is 0. The van der Waals surface area contributed by atoms with Crippen LogP contribution in [-0.2, 0) is 13.6 Å². The van der Waals surface area contributed by atoms with Gasteiger partial charge >= 0.3 is 33.0 Å². The van der Waals surface area contributed by atoms with Crippen molar-refractivity contribution >= 4 is 7.81 Å². The third-order valence-corrected chi connectivity index (χ3v) is 1.19. The first-order valence-electron chi connectivity index (χ1n) is 4.57. The van der Waals surface area contributed by atoms with E-state index in [-0.39, 0.29) is 0 Å². The maximum absolute atomic E-state index is 10.7. The van der Waals surface area contributed by atoms with Gasteiger partial charge < -0.3 is 0 Å². The molecule has 0 amide bonds. The molecule has 0 aliphatic carbocycles. The minimum absolute atomic E-state index is 1.06. The molecule has 0 bridgehead atoms. The van der Waals surface area contributed by atoms with E-state index in [9.17, 15) is 25.2 Å². The van der Waals surface area contributed by atoms with Crippen molar-refractivity contribution in [2.24, 2.45) is 7.05 Å². The van der Waals surface area contributed by atoms with Crippen LogP contribution >= 0.6 is 7.81 Å². The number of hydrogen-bond donors (Lipinski definition) is 0. The SMILES string of the molecule is CC#N.CCn1cc[n+](C)c1.F[P-](F)(F)(F)(F)F. The number of hydrogen-bond acceptors (Lipinski definition) is 1. The molecule has 0 N–H and O–H groups in total. The quantitative estimate of drug-likeness (QED) is 0.433. The molecule has 108 valence electrons. The maximum atomic E-state index is 9.87. The normalized spacial score (nSPS) is 13.8. The van der Waals surface area contributed by atoms with E-state index in [0.29, 0.717) is 0 Å². The van der Waals surface area contributed by atoms with Crippen LogP contribution in [0, 0.1) is 11.3 Å². The van der Waals surface area contributed by atoms with Crippen molar-refractivity contribution in [1.29, 1.82) is 5.26 Å². The Morgan fingerprint density at radius 1 is 1.22 bits per heavy atom. The van der Waals surface area contributed by atoms with Crippen molar-refractivity contribution in [2.75, 3.05) is 0 Å². The van der Waals surface area contributed by atoms with Crippen LogP contribution in [0.2, 0.25) is 0 Å². The molecule has 1 aromatic rings. The first-order valence-corrected chi connectivity index (χ1v) is 6.60. The molecule has 0 spiro atoms. The van der Waals surface area contributed by atoms with Crippen LogP contribution < -0.4 is 4.57 Å². The average Bonchev–Trinajstić information content (AvgIpc) is 2.47. The zero-order valence-electron chi connectivity index (χ0n) is 10.00. The van der Waals surface area contributed by atoms with Crippen molar-refractivity contribution in [3.05, 3.63) is 18.7 Å². The number of aromatic nitrogens is 2. The Hall–Kier alpha value is -1.29. The van der Waals surface area contributed by atoms with Gasteiger partial charge in [0.2, 0.25) is 6.33 Å². The molecule has 0 unspecified atom stereocenters. The van der Waals surface area contributed by atoms with E-state index in [1.54, 1.807) is 6.07 Å². The van der Waals surface area contributed by atoms with Crippen LogP contribution in [0.1, 0.15) is 13.8 Å². The summed E-state index contributed by atoms with van der Waals surface area (Å²) in [6.45, 7) is 4.61. The van der Waals surface area contributed by atoms with Crippen LogP contribution in [0.3, 0.4) is 0 Å². The summed E-state index contributed by atoms with van der Waals surface area (Å²) in [6, 6.07) is 1.75. The fraction of sp³-hybridized carbons (Fsp3) is 0.500. The summed E-state index contributed by atoms with van der Waals surface area (Å²) in [5.74, 6) is 0. The number of nitrogens with zero attached hydrogens (tertiary/aromatic N) is 3. The second-order valence-corrected chi connectivity index (χ2v) is 5.01. The van der Waals surface area contributed by atoms with Gasteiger partial charge in [-0.3, -0.25) is 0 Å². The van der Waals surface area contributed by atoms with Crippen molar-refractivity contribution in [3.8, 4) is 6.07 Å². The van der Waals surface area contributed by atoms with Gasteiger partial charge in [0, 0.05) is 6.92 Å². The molecule has 0 radical (unpaired) electrons. The van der Waals surface area contributed by atoms with Gasteiger partial charge in [-0.1, -0.05) is 0 Å². The summed E-state index contributed by atoms with van der Waals surface area (Å²) in [6.07, 6.45) is 6.14. The summed E-state index contributed by atoms with van der Waals surface area (Å²) < 4.78 is 63.4. The molecular formula is C8H14F6N3P. The zero-order valence-corrected chi connectivity index (χ0v) is 10.9. The van der Waals surface area contributed by atoms with Gasteiger partial charge in [-0.05, 0) is 6.92 Å². The van der Waals surface area contributed by atoms with Gasteiger partial charge in [-0.15, -0.1) is 0 Å². The van der Waals surface area contributed by atoms with Gasteiger partial charge in [0.25, 0.3) is 0 Å². The number of aryl methyl sites for hydroxylation is 2. The first kappa shape index (κ1) is 19.1.